The van der Waals surface area contributed by atoms with Crippen LogP contribution in [0.15, 0.2) is 18.5 Å². The van der Waals surface area contributed by atoms with Crippen molar-refractivity contribution in [1.82, 2.24) is 14.6 Å². The smallest absolute Gasteiger partial charge is 0.225 e. The van der Waals surface area contributed by atoms with E-state index < -0.39 is 0 Å². The first kappa shape index (κ1) is 16.5. The Morgan fingerprint density at radius 3 is 2.50 bits per heavy atom. The summed E-state index contributed by atoms with van der Waals surface area (Å²) in [7, 11) is 0. The molecule has 0 fully saturated rings. The third kappa shape index (κ3) is 3.84. The van der Waals surface area contributed by atoms with Crippen LogP contribution in [-0.2, 0) is 10.2 Å². The highest BCUT2D eigenvalue weighted by Crippen LogP contribution is 2.32. The van der Waals surface area contributed by atoms with Crippen LogP contribution in [0.3, 0.4) is 0 Å². The quantitative estimate of drug-likeness (QED) is 0.938. The summed E-state index contributed by atoms with van der Waals surface area (Å²) in [5.74, 6) is 0.619. The lowest BCUT2D eigenvalue weighted by Crippen LogP contribution is -2.19. The van der Waals surface area contributed by atoms with Crippen LogP contribution in [0.25, 0.3) is 5.65 Å². The summed E-state index contributed by atoms with van der Waals surface area (Å²) in [6.07, 6.45) is 4.93. The number of amides is 1. The maximum atomic E-state index is 12.2. The van der Waals surface area contributed by atoms with Crippen molar-refractivity contribution in [1.29, 1.82) is 0 Å². The second kappa shape index (κ2) is 5.71. The first-order chi connectivity index (χ1) is 10.1. The number of nitrogens with one attached hydrogen (secondary N) is 1. The van der Waals surface area contributed by atoms with Gasteiger partial charge in [0.1, 0.15) is 0 Å². The van der Waals surface area contributed by atoms with Gasteiger partial charge in [0.2, 0.25) is 5.91 Å². The third-order valence-electron chi connectivity index (χ3n) is 3.51. The molecule has 0 bridgehead atoms. The molecule has 1 amide bonds. The minimum absolute atomic E-state index is 0.00355. The van der Waals surface area contributed by atoms with Gasteiger partial charge in [-0.25, -0.2) is 9.50 Å². The molecular weight excluding hydrogens is 276 g/mol. The van der Waals surface area contributed by atoms with E-state index in [2.05, 4.69) is 56.9 Å². The Bertz CT molecular complexity index is 674. The molecule has 0 unspecified atom stereocenters. The zero-order chi connectivity index (χ0) is 16.5. The number of carbonyl (C=O) groups is 1. The molecule has 120 valence electrons. The molecule has 0 aromatic carbocycles. The van der Waals surface area contributed by atoms with Crippen LogP contribution in [0.5, 0.6) is 0 Å². The summed E-state index contributed by atoms with van der Waals surface area (Å²) in [5.41, 5.74) is 1.76. The standard InChI is InChI=1S/C17H26N4O/c1-16(2,3)9-8-12(22)19-14-13(17(4,5)6)15-18-10-7-11-21(15)20-14/h7,10-11H,8-9H2,1-6H3,(H,19,20,22). The lowest BCUT2D eigenvalue weighted by atomic mass is 9.88. The minimum atomic E-state index is -0.150. The van der Waals surface area contributed by atoms with Crippen LogP contribution in [0, 0.1) is 5.41 Å². The van der Waals surface area contributed by atoms with Gasteiger partial charge in [-0.05, 0) is 23.3 Å². The molecule has 0 aliphatic carbocycles. The average molecular weight is 302 g/mol. The van der Waals surface area contributed by atoms with Gasteiger partial charge >= 0.3 is 0 Å². The van der Waals surface area contributed by atoms with Crippen LogP contribution < -0.4 is 5.32 Å². The zero-order valence-electron chi connectivity index (χ0n) is 14.4. The van der Waals surface area contributed by atoms with Crippen LogP contribution >= 0.6 is 0 Å². The number of nitrogens with zero attached hydrogens (tertiary/aromatic N) is 3. The molecule has 1 N–H and O–H groups in total. The number of rotatable bonds is 3. The van der Waals surface area contributed by atoms with Gasteiger partial charge in [0.15, 0.2) is 11.5 Å². The maximum Gasteiger partial charge on any atom is 0.225 e. The highest BCUT2D eigenvalue weighted by molar-refractivity contribution is 5.91. The molecule has 0 saturated carbocycles. The molecule has 0 spiro atoms. The van der Waals surface area contributed by atoms with Crippen molar-refractivity contribution in [2.45, 2.75) is 59.8 Å². The van der Waals surface area contributed by atoms with Gasteiger partial charge in [0.25, 0.3) is 0 Å². The number of hydrogen-bond acceptors (Lipinski definition) is 3. The van der Waals surface area contributed by atoms with Crippen molar-refractivity contribution in [2.75, 3.05) is 5.32 Å². The van der Waals surface area contributed by atoms with Crippen LogP contribution in [0.2, 0.25) is 0 Å². The summed E-state index contributed by atoms with van der Waals surface area (Å²) >= 11 is 0. The number of anilines is 1. The summed E-state index contributed by atoms with van der Waals surface area (Å²) < 4.78 is 1.72. The average Bonchev–Trinajstić information content (AvgIpc) is 2.73. The molecule has 0 radical (unpaired) electrons. The van der Waals surface area contributed by atoms with Gasteiger partial charge in [0.05, 0.1) is 0 Å². The van der Waals surface area contributed by atoms with E-state index in [-0.39, 0.29) is 16.7 Å². The monoisotopic (exact) mass is 302 g/mol. The molecule has 22 heavy (non-hydrogen) atoms. The molecule has 5 heteroatoms. The normalized spacial score (nSPS) is 12.6. The van der Waals surface area contributed by atoms with E-state index in [1.165, 1.54) is 0 Å². The van der Waals surface area contributed by atoms with E-state index >= 15 is 0 Å². The van der Waals surface area contributed by atoms with Crippen LogP contribution in [0.1, 0.15) is 59.9 Å². The fourth-order valence-corrected chi connectivity index (χ4v) is 2.35. The Balaban J connectivity index is 2.29. The molecule has 2 aromatic heterocycles. The lowest BCUT2D eigenvalue weighted by molar-refractivity contribution is -0.116. The molecule has 2 aromatic rings. The highest BCUT2D eigenvalue weighted by atomic mass is 16.1. The number of aromatic nitrogens is 3. The zero-order valence-corrected chi connectivity index (χ0v) is 14.4. The second-order valence-corrected chi connectivity index (χ2v) is 7.97. The molecule has 0 saturated heterocycles. The molecule has 2 heterocycles. The number of carbonyl (C=O) groups excluding carboxylic acids is 1. The minimum Gasteiger partial charge on any atom is -0.309 e. The highest BCUT2D eigenvalue weighted by Gasteiger charge is 2.26. The van der Waals surface area contributed by atoms with E-state index in [1.54, 1.807) is 10.7 Å². The van der Waals surface area contributed by atoms with Gasteiger partial charge < -0.3 is 5.32 Å². The molecular formula is C17H26N4O. The Hall–Kier alpha value is -1.91. The van der Waals surface area contributed by atoms with Crippen molar-refractivity contribution in [3.63, 3.8) is 0 Å². The fraction of sp³-hybridized carbons (Fsp3) is 0.588. The largest absolute Gasteiger partial charge is 0.309 e. The van der Waals surface area contributed by atoms with E-state index in [4.69, 9.17) is 0 Å². The van der Waals surface area contributed by atoms with Gasteiger partial charge in [-0.2, -0.15) is 0 Å². The van der Waals surface area contributed by atoms with Gasteiger partial charge in [-0.1, -0.05) is 41.5 Å². The number of hydrogen-bond donors (Lipinski definition) is 1. The van der Waals surface area contributed by atoms with E-state index in [0.717, 1.165) is 17.6 Å². The third-order valence-corrected chi connectivity index (χ3v) is 3.51. The first-order valence-corrected chi connectivity index (χ1v) is 7.72. The second-order valence-electron chi connectivity index (χ2n) is 7.97. The Morgan fingerprint density at radius 2 is 1.91 bits per heavy atom. The molecule has 5 nitrogen and oxygen atoms in total. The predicted octanol–water partition coefficient (Wildman–Crippen LogP) is 3.79. The van der Waals surface area contributed by atoms with Crippen molar-refractivity contribution in [3.05, 3.63) is 24.0 Å². The molecule has 0 atom stereocenters. The lowest BCUT2D eigenvalue weighted by Gasteiger charge is -2.20. The van der Waals surface area contributed by atoms with Crippen molar-refractivity contribution >= 4 is 17.4 Å². The Labute approximate surface area is 132 Å². The van der Waals surface area contributed by atoms with Crippen molar-refractivity contribution < 1.29 is 4.79 Å². The Kier molecular flexibility index (Phi) is 4.27. The van der Waals surface area contributed by atoms with Crippen molar-refractivity contribution in [3.8, 4) is 0 Å². The van der Waals surface area contributed by atoms with Gasteiger partial charge in [-0.15, -0.1) is 5.10 Å². The number of fused-ring (bicyclic) bond motifs is 1. The van der Waals surface area contributed by atoms with E-state index in [0.29, 0.717) is 12.2 Å². The summed E-state index contributed by atoms with van der Waals surface area (Å²) in [5, 5.41) is 7.45. The van der Waals surface area contributed by atoms with E-state index in [9.17, 15) is 4.79 Å². The molecule has 2 rings (SSSR count). The molecule has 0 aliphatic heterocycles. The fourth-order valence-electron chi connectivity index (χ4n) is 2.35. The summed E-state index contributed by atoms with van der Waals surface area (Å²) in [4.78, 5) is 16.6. The summed E-state index contributed by atoms with van der Waals surface area (Å²) in [6.45, 7) is 12.7. The predicted molar refractivity (Wildman–Crippen MR) is 89.0 cm³/mol. The Morgan fingerprint density at radius 1 is 1.23 bits per heavy atom. The summed E-state index contributed by atoms with van der Waals surface area (Å²) in [6, 6.07) is 1.83. The van der Waals surface area contributed by atoms with Crippen LogP contribution in [0.4, 0.5) is 5.82 Å². The maximum absolute atomic E-state index is 12.2. The SMILES string of the molecule is CC(C)(C)CCC(=O)Nc1nn2cccnc2c1C(C)(C)C. The molecule has 0 aliphatic rings. The van der Waals surface area contributed by atoms with Gasteiger partial charge in [-0.3, -0.25) is 4.79 Å². The van der Waals surface area contributed by atoms with Gasteiger partial charge in [0, 0.05) is 24.4 Å². The van der Waals surface area contributed by atoms with Crippen molar-refractivity contribution in [2.24, 2.45) is 5.41 Å². The topological polar surface area (TPSA) is 59.3 Å². The van der Waals surface area contributed by atoms with Crippen LogP contribution in [-0.4, -0.2) is 20.5 Å². The first-order valence-electron chi connectivity index (χ1n) is 7.72. The van der Waals surface area contributed by atoms with E-state index in [1.807, 2.05) is 12.3 Å².